The van der Waals surface area contributed by atoms with Crippen LogP contribution in [-0.4, -0.2) is 9.13 Å². The van der Waals surface area contributed by atoms with E-state index in [2.05, 4.69) is 88.3 Å². The van der Waals surface area contributed by atoms with Crippen molar-refractivity contribution in [3.63, 3.8) is 0 Å². The van der Waals surface area contributed by atoms with Crippen LogP contribution in [0.2, 0.25) is 0 Å². The molecular weight excluding hydrogens is 306 g/mol. The molecule has 0 bridgehead atoms. The van der Waals surface area contributed by atoms with E-state index in [-0.39, 0.29) is 0 Å². The summed E-state index contributed by atoms with van der Waals surface area (Å²) in [6, 6.07) is 27.2. The predicted octanol–water partition coefficient (Wildman–Crippen LogP) is 5.16. The lowest BCUT2D eigenvalue weighted by molar-refractivity contribution is 1.09. The first-order chi connectivity index (χ1) is 12.3. The van der Waals surface area contributed by atoms with Gasteiger partial charge >= 0.3 is 0 Å². The van der Waals surface area contributed by atoms with Gasteiger partial charge in [0.25, 0.3) is 0 Å². The van der Waals surface area contributed by atoms with Crippen molar-refractivity contribution in [3.05, 3.63) is 91.3 Å². The number of hydrogen-bond donors (Lipinski definition) is 1. The highest BCUT2D eigenvalue weighted by Gasteiger charge is 2.08. The number of para-hydroxylation sites is 2. The van der Waals surface area contributed by atoms with E-state index in [4.69, 9.17) is 5.73 Å². The van der Waals surface area contributed by atoms with E-state index in [1.54, 1.807) is 0 Å². The molecule has 3 aromatic carbocycles. The van der Waals surface area contributed by atoms with Gasteiger partial charge in [0.05, 0.1) is 11.0 Å². The largest absolute Gasteiger partial charge is 0.399 e. The smallest absolute Gasteiger partial charge is 0.0528 e. The maximum absolute atomic E-state index is 6.23. The van der Waals surface area contributed by atoms with Crippen LogP contribution in [0.5, 0.6) is 0 Å². The summed E-state index contributed by atoms with van der Waals surface area (Å²) in [6.07, 6.45) is 4.19. The summed E-state index contributed by atoms with van der Waals surface area (Å²) < 4.78 is 4.36. The van der Waals surface area contributed by atoms with Crippen LogP contribution in [0.15, 0.2) is 91.3 Å². The third kappa shape index (κ3) is 2.21. The second-order valence-electron chi connectivity index (χ2n) is 6.27. The zero-order valence-electron chi connectivity index (χ0n) is 13.6. The van der Waals surface area contributed by atoms with Crippen molar-refractivity contribution in [2.45, 2.75) is 0 Å². The Morgan fingerprint density at radius 2 is 1.04 bits per heavy atom. The van der Waals surface area contributed by atoms with Crippen LogP contribution >= 0.6 is 0 Å². The van der Waals surface area contributed by atoms with Crippen LogP contribution in [0.1, 0.15) is 0 Å². The number of anilines is 1. The van der Waals surface area contributed by atoms with Gasteiger partial charge in [-0.05, 0) is 53.2 Å². The molecule has 0 fully saturated rings. The number of aromatic nitrogens is 2. The standard InChI is InChI=1S/C22H17N3/c23-18-13-19(24-11-9-16-5-1-3-7-21(16)24)15-20(14-18)25-12-10-17-6-2-4-8-22(17)25/h1-15H,23H2. The maximum Gasteiger partial charge on any atom is 0.0528 e. The summed E-state index contributed by atoms with van der Waals surface area (Å²) in [7, 11) is 0. The third-order valence-electron chi connectivity index (χ3n) is 4.68. The van der Waals surface area contributed by atoms with Gasteiger partial charge in [-0.2, -0.15) is 0 Å². The molecule has 5 aromatic rings. The highest BCUT2D eigenvalue weighted by Crippen LogP contribution is 2.27. The molecule has 0 radical (unpaired) electrons. The number of nitrogens with zero attached hydrogens (tertiary/aromatic N) is 2. The minimum absolute atomic E-state index is 0.753. The zero-order valence-corrected chi connectivity index (χ0v) is 13.6. The van der Waals surface area contributed by atoms with Crippen molar-refractivity contribution in [1.29, 1.82) is 0 Å². The van der Waals surface area contributed by atoms with Crippen molar-refractivity contribution in [2.75, 3.05) is 5.73 Å². The number of hydrogen-bond acceptors (Lipinski definition) is 1. The molecule has 2 aromatic heterocycles. The second kappa shape index (κ2) is 5.28. The van der Waals surface area contributed by atoms with Gasteiger partial charge in [-0.25, -0.2) is 0 Å². The lowest BCUT2D eigenvalue weighted by atomic mass is 10.2. The fraction of sp³-hybridized carbons (Fsp3) is 0. The van der Waals surface area contributed by atoms with Crippen molar-refractivity contribution < 1.29 is 0 Å². The van der Waals surface area contributed by atoms with Crippen molar-refractivity contribution in [1.82, 2.24) is 9.13 Å². The summed E-state index contributed by atoms with van der Waals surface area (Å²) in [5, 5.41) is 2.44. The molecule has 3 nitrogen and oxygen atoms in total. The Morgan fingerprint density at radius 1 is 0.560 bits per heavy atom. The van der Waals surface area contributed by atoms with E-state index in [1.807, 2.05) is 12.1 Å². The fourth-order valence-corrected chi connectivity index (χ4v) is 3.51. The van der Waals surface area contributed by atoms with E-state index in [0.717, 1.165) is 17.1 Å². The third-order valence-corrected chi connectivity index (χ3v) is 4.68. The first-order valence-corrected chi connectivity index (χ1v) is 8.33. The summed E-state index contributed by atoms with van der Waals surface area (Å²) >= 11 is 0. The van der Waals surface area contributed by atoms with Crippen LogP contribution in [0.3, 0.4) is 0 Å². The molecule has 3 heteroatoms. The van der Waals surface area contributed by atoms with Crippen LogP contribution < -0.4 is 5.73 Å². The molecule has 2 N–H and O–H groups in total. The molecule has 0 spiro atoms. The Morgan fingerprint density at radius 3 is 1.56 bits per heavy atom. The Hall–Kier alpha value is -3.46. The fourth-order valence-electron chi connectivity index (χ4n) is 3.51. The van der Waals surface area contributed by atoms with Crippen molar-refractivity contribution >= 4 is 27.5 Å². The monoisotopic (exact) mass is 323 g/mol. The molecule has 5 rings (SSSR count). The first kappa shape index (κ1) is 13.9. The molecule has 0 amide bonds. The lowest BCUT2D eigenvalue weighted by Crippen LogP contribution is -1.99. The quantitative estimate of drug-likeness (QED) is 0.448. The first-order valence-electron chi connectivity index (χ1n) is 8.33. The second-order valence-corrected chi connectivity index (χ2v) is 6.27. The van der Waals surface area contributed by atoms with E-state index in [9.17, 15) is 0 Å². The minimum atomic E-state index is 0.753. The molecule has 0 saturated heterocycles. The topological polar surface area (TPSA) is 35.9 Å². The molecule has 0 aliphatic heterocycles. The molecule has 25 heavy (non-hydrogen) atoms. The highest BCUT2D eigenvalue weighted by atomic mass is 15.0. The predicted molar refractivity (Wildman–Crippen MR) is 105 cm³/mol. The van der Waals surface area contributed by atoms with E-state index in [1.165, 1.54) is 21.8 Å². The normalized spacial score (nSPS) is 11.4. The highest BCUT2D eigenvalue weighted by molar-refractivity contribution is 5.84. The number of rotatable bonds is 2. The van der Waals surface area contributed by atoms with E-state index >= 15 is 0 Å². The minimum Gasteiger partial charge on any atom is -0.399 e. The van der Waals surface area contributed by atoms with Gasteiger partial charge in [-0.15, -0.1) is 0 Å². The molecule has 2 heterocycles. The molecule has 0 atom stereocenters. The Labute approximate surface area is 145 Å². The number of fused-ring (bicyclic) bond motifs is 2. The summed E-state index contributed by atoms with van der Waals surface area (Å²) in [4.78, 5) is 0. The van der Waals surface area contributed by atoms with Gasteiger partial charge in [0.2, 0.25) is 0 Å². The average Bonchev–Trinajstić information content (AvgIpc) is 3.25. The summed E-state index contributed by atoms with van der Waals surface area (Å²) in [5.41, 5.74) is 11.5. The number of nitrogens with two attached hydrogens (primary N) is 1. The van der Waals surface area contributed by atoms with Gasteiger partial charge < -0.3 is 14.9 Å². The number of benzene rings is 3. The van der Waals surface area contributed by atoms with Gasteiger partial charge in [0.15, 0.2) is 0 Å². The molecular formula is C22H17N3. The maximum atomic E-state index is 6.23. The molecule has 0 aliphatic rings. The molecule has 0 unspecified atom stereocenters. The summed E-state index contributed by atoms with van der Waals surface area (Å²) in [5.74, 6) is 0. The van der Waals surface area contributed by atoms with Gasteiger partial charge in [-0.3, -0.25) is 0 Å². The Kier molecular flexibility index (Phi) is 2.94. The average molecular weight is 323 g/mol. The van der Waals surface area contributed by atoms with Crippen LogP contribution in [0.4, 0.5) is 5.69 Å². The zero-order chi connectivity index (χ0) is 16.8. The van der Waals surface area contributed by atoms with Crippen LogP contribution in [0, 0.1) is 0 Å². The van der Waals surface area contributed by atoms with Crippen LogP contribution in [-0.2, 0) is 0 Å². The van der Waals surface area contributed by atoms with E-state index < -0.39 is 0 Å². The number of nitrogen functional groups attached to an aromatic ring is 1. The van der Waals surface area contributed by atoms with Gasteiger partial charge in [-0.1, -0.05) is 36.4 Å². The Balaban J connectivity index is 1.73. The lowest BCUT2D eigenvalue weighted by Gasteiger charge is -2.12. The van der Waals surface area contributed by atoms with Gasteiger partial charge in [0.1, 0.15) is 0 Å². The van der Waals surface area contributed by atoms with Gasteiger partial charge in [0, 0.05) is 29.5 Å². The summed E-state index contributed by atoms with van der Waals surface area (Å²) in [6.45, 7) is 0. The molecule has 0 saturated carbocycles. The molecule has 0 aliphatic carbocycles. The van der Waals surface area contributed by atoms with E-state index in [0.29, 0.717) is 0 Å². The van der Waals surface area contributed by atoms with Crippen LogP contribution in [0.25, 0.3) is 33.2 Å². The van der Waals surface area contributed by atoms with Crippen molar-refractivity contribution in [2.24, 2.45) is 0 Å². The van der Waals surface area contributed by atoms with Crippen molar-refractivity contribution in [3.8, 4) is 11.4 Å². The molecule has 120 valence electrons. The Bertz CT molecular complexity index is 1120. The SMILES string of the molecule is Nc1cc(-n2ccc3ccccc32)cc(-n2ccc3ccccc32)c1.